The van der Waals surface area contributed by atoms with Gasteiger partial charge in [0.2, 0.25) is 0 Å². The van der Waals surface area contributed by atoms with Crippen LogP contribution >= 0.6 is 0 Å². The summed E-state index contributed by atoms with van der Waals surface area (Å²) >= 11 is 0. The second-order valence-corrected chi connectivity index (χ2v) is 5.86. The Morgan fingerprint density at radius 2 is 2.32 bits per heavy atom. The molecule has 1 aliphatic heterocycles. The highest BCUT2D eigenvalue weighted by atomic mass is 16.3. The second kappa shape index (κ2) is 6.21. The summed E-state index contributed by atoms with van der Waals surface area (Å²) in [5, 5.41) is 14.3. The molecule has 0 unspecified atom stereocenters. The number of nitrogens with zero attached hydrogens (tertiary/aromatic N) is 3. The summed E-state index contributed by atoms with van der Waals surface area (Å²) in [5.74, 6) is 2.80. The Bertz CT molecular complexity index is 632. The van der Waals surface area contributed by atoms with Crippen LogP contribution in [0.2, 0.25) is 0 Å². The second-order valence-electron chi connectivity index (χ2n) is 5.86. The van der Waals surface area contributed by atoms with Gasteiger partial charge in [-0.1, -0.05) is 13.8 Å². The molecule has 0 bridgehead atoms. The van der Waals surface area contributed by atoms with Crippen molar-refractivity contribution in [2.24, 2.45) is 5.92 Å². The van der Waals surface area contributed by atoms with Crippen LogP contribution in [-0.2, 0) is 19.5 Å². The first-order chi connectivity index (χ1) is 10.6. The molecule has 0 radical (unpaired) electrons. The average molecular weight is 303 g/mol. The van der Waals surface area contributed by atoms with Gasteiger partial charge in [0.1, 0.15) is 11.6 Å². The van der Waals surface area contributed by atoms with Gasteiger partial charge in [-0.15, -0.1) is 10.2 Å². The number of nitrogens with one attached hydrogen (secondary N) is 2. The largest absolute Gasteiger partial charge is 0.467 e. The molecule has 3 rings (SSSR count). The van der Waals surface area contributed by atoms with Crippen LogP contribution < -0.4 is 10.6 Å². The van der Waals surface area contributed by atoms with Crippen molar-refractivity contribution in [3.05, 3.63) is 35.8 Å². The van der Waals surface area contributed by atoms with E-state index >= 15 is 0 Å². The summed E-state index contributed by atoms with van der Waals surface area (Å²) in [4.78, 5) is 12.1. The number of carbonyl (C=O) groups is 1. The minimum Gasteiger partial charge on any atom is -0.467 e. The van der Waals surface area contributed by atoms with Crippen LogP contribution in [0.3, 0.4) is 0 Å². The van der Waals surface area contributed by atoms with Crippen molar-refractivity contribution >= 4 is 6.03 Å². The van der Waals surface area contributed by atoms with Gasteiger partial charge < -0.3 is 19.6 Å². The molecule has 0 spiro atoms. The maximum atomic E-state index is 12.1. The smallest absolute Gasteiger partial charge is 0.315 e. The number of amides is 2. The van der Waals surface area contributed by atoms with Crippen molar-refractivity contribution in [2.45, 2.75) is 45.8 Å². The molecule has 0 aliphatic carbocycles. The van der Waals surface area contributed by atoms with Gasteiger partial charge in [-0.3, -0.25) is 0 Å². The summed E-state index contributed by atoms with van der Waals surface area (Å²) in [7, 11) is 0. The van der Waals surface area contributed by atoms with Gasteiger partial charge in [0.05, 0.1) is 18.8 Å². The van der Waals surface area contributed by atoms with E-state index in [1.807, 2.05) is 6.07 Å². The normalized spacial score (nSPS) is 14.9. The van der Waals surface area contributed by atoms with Crippen molar-refractivity contribution < 1.29 is 9.21 Å². The monoisotopic (exact) mass is 303 g/mol. The van der Waals surface area contributed by atoms with Crippen LogP contribution in [0.15, 0.2) is 22.8 Å². The van der Waals surface area contributed by atoms with Gasteiger partial charge in [0, 0.05) is 13.0 Å². The Kier molecular flexibility index (Phi) is 4.13. The number of carbonyl (C=O) groups excluding carboxylic acids is 1. The number of hydrogen-bond acceptors (Lipinski definition) is 4. The molecule has 2 N–H and O–H groups in total. The molecule has 2 aromatic heterocycles. The van der Waals surface area contributed by atoms with Gasteiger partial charge in [0.15, 0.2) is 5.82 Å². The third-order valence-electron chi connectivity index (χ3n) is 3.87. The lowest BCUT2D eigenvalue weighted by Gasteiger charge is -2.22. The van der Waals surface area contributed by atoms with E-state index in [9.17, 15) is 4.79 Å². The number of rotatable bonds is 5. The molecule has 2 amide bonds. The highest BCUT2D eigenvalue weighted by molar-refractivity contribution is 5.74. The molecular formula is C15H21N5O2. The zero-order chi connectivity index (χ0) is 15.5. The number of furan rings is 1. The van der Waals surface area contributed by atoms with Crippen LogP contribution in [0.5, 0.6) is 0 Å². The Balaban J connectivity index is 1.65. The molecule has 1 aliphatic rings. The zero-order valence-electron chi connectivity index (χ0n) is 12.9. The van der Waals surface area contributed by atoms with Gasteiger partial charge in [-0.05, 0) is 24.5 Å². The SMILES string of the molecule is CC(C)[C@@H](NC(=O)NCc1ccco1)c1nnc2n1CCC2. The lowest BCUT2D eigenvalue weighted by Crippen LogP contribution is -2.40. The first-order valence-corrected chi connectivity index (χ1v) is 7.64. The summed E-state index contributed by atoms with van der Waals surface area (Å²) in [6.45, 7) is 5.42. The van der Waals surface area contributed by atoms with Crippen LogP contribution in [0.25, 0.3) is 0 Å². The van der Waals surface area contributed by atoms with Crippen molar-refractivity contribution in [3.63, 3.8) is 0 Å². The fourth-order valence-corrected chi connectivity index (χ4v) is 2.71. The highest BCUT2D eigenvalue weighted by Gasteiger charge is 2.27. The molecule has 0 aromatic carbocycles. The van der Waals surface area contributed by atoms with Crippen LogP contribution in [0, 0.1) is 5.92 Å². The lowest BCUT2D eigenvalue weighted by atomic mass is 10.0. The molecule has 2 aromatic rings. The first-order valence-electron chi connectivity index (χ1n) is 7.64. The third-order valence-corrected chi connectivity index (χ3v) is 3.87. The summed E-state index contributed by atoms with van der Waals surface area (Å²) in [6, 6.07) is 3.23. The number of urea groups is 1. The highest BCUT2D eigenvalue weighted by Crippen LogP contribution is 2.24. The predicted octanol–water partition coefficient (Wildman–Crippen LogP) is 2.01. The molecule has 7 nitrogen and oxygen atoms in total. The molecule has 0 saturated heterocycles. The lowest BCUT2D eigenvalue weighted by molar-refractivity contribution is 0.230. The van der Waals surface area contributed by atoms with E-state index in [2.05, 4.69) is 39.2 Å². The van der Waals surface area contributed by atoms with E-state index < -0.39 is 0 Å². The molecule has 7 heteroatoms. The van der Waals surface area contributed by atoms with Gasteiger partial charge in [-0.25, -0.2) is 4.79 Å². The average Bonchev–Trinajstić information content (AvgIpc) is 3.19. The molecule has 118 valence electrons. The first kappa shape index (κ1) is 14.6. The summed E-state index contributed by atoms with van der Waals surface area (Å²) < 4.78 is 7.32. The van der Waals surface area contributed by atoms with Crippen molar-refractivity contribution in [2.75, 3.05) is 0 Å². The fourth-order valence-electron chi connectivity index (χ4n) is 2.71. The number of aryl methyl sites for hydroxylation is 1. The maximum absolute atomic E-state index is 12.1. The number of fused-ring (bicyclic) bond motifs is 1. The minimum absolute atomic E-state index is 0.157. The quantitative estimate of drug-likeness (QED) is 0.885. The molecule has 0 saturated carbocycles. The van der Waals surface area contributed by atoms with Gasteiger partial charge >= 0.3 is 6.03 Å². The minimum atomic E-state index is -0.231. The Morgan fingerprint density at radius 3 is 3.05 bits per heavy atom. The van der Waals surface area contributed by atoms with E-state index in [0.717, 1.165) is 36.8 Å². The van der Waals surface area contributed by atoms with E-state index in [4.69, 9.17) is 4.42 Å². The van der Waals surface area contributed by atoms with E-state index in [0.29, 0.717) is 6.54 Å². The zero-order valence-corrected chi connectivity index (χ0v) is 12.9. The van der Waals surface area contributed by atoms with E-state index in [1.165, 1.54) is 0 Å². The van der Waals surface area contributed by atoms with Gasteiger partial charge in [-0.2, -0.15) is 0 Å². The van der Waals surface area contributed by atoms with Gasteiger partial charge in [0.25, 0.3) is 0 Å². The third kappa shape index (κ3) is 2.98. The molecule has 0 fully saturated rings. The van der Waals surface area contributed by atoms with Crippen molar-refractivity contribution in [3.8, 4) is 0 Å². The van der Waals surface area contributed by atoms with Crippen LogP contribution in [0.4, 0.5) is 4.79 Å². The molecule has 22 heavy (non-hydrogen) atoms. The maximum Gasteiger partial charge on any atom is 0.315 e. The standard InChI is InChI=1S/C15H21N5O2/c1-10(2)13(14-19-18-12-6-3-7-20(12)14)17-15(21)16-9-11-5-4-8-22-11/h4-5,8,10,13H,3,6-7,9H2,1-2H3,(H2,16,17,21)/t13-/m1/s1. The number of hydrogen-bond donors (Lipinski definition) is 2. The van der Waals surface area contributed by atoms with Crippen molar-refractivity contribution in [1.29, 1.82) is 0 Å². The fraction of sp³-hybridized carbons (Fsp3) is 0.533. The summed E-state index contributed by atoms with van der Waals surface area (Å²) in [5.41, 5.74) is 0. The van der Waals surface area contributed by atoms with E-state index in [1.54, 1.807) is 12.3 Å². The van der Waals surface area contributed by atoms with Crippen LogP contribution in [0.1, 0.15) is 43.7 Å². The Hall–Kier alpha value is -2.31. The van der Waals surface area contributed by atoms with E-state index in [-0.39, 0.29) is 18.0 Å². The Morgan fingerprint density at radius 1 is 1.45 bits per heavy atom. The number of aromatic nitrogens is 3. The van der Waals surface area contributed by atoms with Crippen molar-refractivity contribution in [1.82, 2.24) is 25.4 Å². The summed E-state index contributed by atoms with van der Waals surface area (Å²) in [6.07, 6.45) is 3.64. The van der Waals surface area contributed by atoms with Crippen LogP contribution in [-0.4, -0.2) is 20.8 Å². The Labute approximate surface area is 129 Å². The molecule has 1 atom stereocenters. The predicted molar refractivity (Wildman–Crippen MR) is 80.0 cm³/mol. The molecular weight excluding hydrogens is 282 g/mol. The topological polar surface area (TPSA) is 85.0 Å². The molecule has 3 heterocycles.